The normalized spacial score (nSPS) is 12.2. The van der Waals surface area contributed by atoms with Gasteiger partial charge in [-0.25, -0.2) is 0 Å². The van der Waals surface area contributed by atoms with E-state index in [9.17, 15) is 4.79 Å². The van der Waals surface area contributed by atoms with Crippen molar-refractivity contribution in [2.75, 3.05) is 20.3 Å². The minimum absolute atomic E-state index is 0.248. The van der Waals surface area contributed by atoms with E-state index < -0.39 is 0 Å². The van der Waals surface area contributed by atoms with Gasteiger partial charge in [0.1, 0.15) is 5.75 Å². The highest BCUT2D eigenvalue weighted by atomic mass is 16.5. The highest BCUT2D eigenvalue weighted by molar-refractivity contribution is 5.73. The van der Waals surface area contributed by atoms with E-state index in [-0.39, 0.29) is 5.91 Å². The van der Waals surface area contributed by atoms with Gasteiger partial charge in [-0.05, 0) is 68.2 Å². The van der Waals surface area contributed by atoms with Crippen LogP contribution in [0, 0.1) is 19.8 Å². The van der Waals surface area contributed by atoms with Crippen LogP contribution in [0.15, 0.2) is 12.1 Å². The van der Waals surface area contributed by atoms with Crippen LogP contribution in [0.3, 0.4) is 0 Å². The molecular formula is C19H31NO3. The Bertz CT molecular complexity index is 500. The lowest BCUT2D eigenvalue weighted by Gasteiger charge is -2.17. The monoisotopic (exact) mass is 321 g/mol. The minimum atomic E-state index is -0.248. The Morgan fingerprint density at radius 1 is 1.26 bits per heavy atom. The van der Waals surface area contributed by atoms with E-state index in [0.29, 0.717) is 18.9 Å². The molecule has 0 aromatic heterocycles. The highest BCUT2D eigenvalue weighted by Crippen LogP contribution is 2.26. The summed E-state index contributed by atoms with van der Waals surface area (Å²) in [6.07, 6.45) is 4.42. The Labute approximate surface area is 140 Å². The number of primary amides is 1. The van der Waals surface area contributed by atoms with Crippen LogP contribution in [0.5, 0.6) is 5.75 Å². The van der Waals surface area contributed by atoms with E-state index in [2.05, 4.69) is 32.9 Å². The van der Waals surface area contributed by atoms with E-state index in [1.165, 1.54) is 16.7 Å². The van der Waals surface area contributed by atoms with Crippen molar-refractivity contribution in [3.8, 4) is 5.75 Å². The molecule has 4 heteroatoms. The fourth-order valence-corrected chi connectivity index (χ4v) is 2.57. The molecule has 0 bridgehead atoms. The molecule has 0 heterocycles. The van der Waals surface area contributed by atoms with E-state index in [1.54, 1.807) is 7.11 Å². The van der Waals surface area contributed by atoms with Crippen molar-refractivity contribution in [1.29, 1.82) is 0 Å². The van der Waals surface area contributed by atoms with Crippen LogP contribution in [0.1, 0.15) is 49.3 Å². The predicted octanol–water partition coefficient (Wildman–Crippen LogP) is 3.55. The fourth-order valence-electron chi connectivity index (χ4n) is 2.57. The van der Waals surface area contributed by atoms with E-state index in [1.807, 2.05) is 0 Å². The number of carbonyl (C=O) groups excluding carboxylic acids is 1. The second-order valence-corrected chi connectivity index (χ2v) is 6.42. The number of rotatable bonds is 11. The van der Waals surface area contributed by atoms with Gasteiger partial charge >= 0.3 is 0 Å². The molecule has 0 radical (unpaired) electrons. The zero-order valence-corrected chi connectivity index (χ0v) is 15.0. The molecule has 0 spiro atoms. The van der Waals surface area contributed by atoms with Gasteiger partial charge in [0.2, 0.25) is 5.91 Å². The lowest BCUT2D eigenvalue weighted by Crippen LogP contribution is -2.15. The lowest BCUT2D eigenvalue weighted by molar-refractivity contribution is -0.118. The Kier molecular flexibility index (Phi) is 8.70. The van der Waals surface area contributed by atoms with Gasteiger partial charge < -0.3 is 15.2 Å². The largest absolute Gasteiger partial charge is 0.493 e. The topological polar surface area (TPSA) is 61.6 Å². The van der Waals surface area contributed by atoms with Crippen molar-refractivity contribution in [3.05, 3.63) is 28.8 Å². The van der Waals surface area contributed by atoms with Crippen LogP contribution < -0.4 is 10.5 Å². The van der Waals surface area contributed by atoms with Gasteiger partial charge in [0, 0.05) is 20.1 Å². The standard InChI is InChI=1S/C19H31NO3/c1-14(8-9-19(20)21)13-23-18-12-15(2)11-17(16(18)3)7-5-6-10-22-4/h11-12,14H,5-10,13H2,1-4H3,(H2,20,21)/t14-/m0/s1. The van der Waals surface area contributed by atoms with Crippen molar-refractivity contribution < 1.29 is 14.3 Å². The number of nitrogens with two attached hydrogens (primary N) is 1. The first-order valence-corrected chi connectivity index (χ1v) is 8.44. The number of methoxy groups -OCH3 is 1. The first-order chi connectivity index (χ1) is 10.9. The molecule has 1 rings (SSSR count). The molecule has 0 aliphatic heterocycles. The maximum absolute atomic E-state index is 10.8. The van der Waals surface area contributed by atoms with Crippen LogP contribution in [0.2, 0.25) is 0 Å². The molecule has 1 aromatic rings. The van der Waals surface area contributed by atoms with Crippen LogP contribution in [-0.2, 0) is 16.0 Å². The Morgan fingerprint density at radius 3 is 2.65 bits per heavy atom. The Morgan fingerprint density at radius 2 is 2.00 bits per heavy atom. The molecule has 0 unspecified atom stereocenters. The van der Waals surface area contributed by atoms with Gasteiger partial charge in [-0.15, -0.1) is 0 Å². The van der Waals surface area contributed by atoms with Gasteiger partial charge in [0.25, 0.3) is 0 Å². The molecule has 1 atom stereocenters. The van der Waals surface area contributed by atoms with E-state index in [0.717, 1.165) is 38.0 Å². The molecule has 0 aliphatic rings. The molecule has 1 aromatic carbocycles. The second-order valence-electron chi connectivity index (χ2n) is 6.42. The first kappa shape index (κ1) is 19.5. The van der Waals surface area contributed by atoms with Gasteiger partial charge in [-0.1, -0.05) is 13.0 Å². The summed E-state index contributed by atoms with van der Waals surface area (Å²) in [6, 6.07) is 4.33. The summed E-state index contributed by atoms with van der Waals surface area (Å²) in [4.78, 5) is 10.8. The quantitative estimate of drug-likeness (QED) is 0.634. The molecule has 1 amide bonds. The number of benzene rings is 1. The molecule has 23 heavy (non-hydrogen) atoms. The van der Waals surface area contributed by atoms with Gasteiger partial charge in [0.15, 0.2) is 0 Å². The number of hydrogen-bond acceptors (Lipinski definition) is 3. The first-order valence-electron chi connectivity index (χ1n) is 8.44. The van der Waals surface area contributed by atoms with Gasteiger partial charge in [0.05, 0.1) is 6.61 Å². The Balaban J connectivity index is 2.60. The average molecular weight is 321 g/mol. The van der Waals surface area contributed by atoms with Crippen LogP contribution in [0.4, 0.5) is 0 Å². The number of carbonyl (C=O) groups is 1. The molecular weight excluding hydrogens is 290 g/mol. The minimum Gasteiger partial charge on any atom is -0.493 e. The predicted molar refractivity (Wildman–Crippen MR) is 93.8 cm³/mol. The third-order valence-electron chi connectivity index (χ3n) is 4.06. The van der Waals surface area contributed by atoms with Gasteiger partial charge in [-0.3, -0.25) is 4.79 Å². The molecule has 0 saturated carbocycles. The summed E-state index contributed by atoms with van der Waals surface area (Å²) >= 11 is 0. The second kappa shape index (κ2) is 10.3. The molecule has 2 N–H and O–H groups in total. The summed E-state index contributed by atoms with van der Waals surface area (Å²) in [5.41, 5.74) is 8.98. The summed E-state index contributed by atoms with van der Waals surface area (Å²) in [5, 5.41) is 0. The van der Waals surface area contributed by atoms with Gasteiger partial charge in [-0.2, -0.15) is 0 Å². The maximum Gasteiger partial charge on any atom is 0.217 e. The third kappa shape index (κ3) is 7.51. The zero-order valence-electron chi connectivity index (χ0n) is 15.0. The van der Waals surface area contributed by atoms with Crippen molar-refractivity contribution in [2.45, 2.75) is 52.9 Å². The fraction of sp³-hybridized carbons (Fsp3) is 0.632. The number of unbranched alkanes of at least 4 members (excludes halogenated alkanes) is 1. The van der Waals surface area contributed by atoms with Crippen LogP contribution >= 0.6 is 0 Å². The van der Waals surface area contributed by atoms with E-state index >= 15 is 0 Å². The Hall–Kier alpha value is -1.55. The highest BCUT2D eigenvalue weighted by Gasteiger charge is 2.10. The molecule has 0 saturated heterocycles. The molecule has 0 fully saturated rings. The lowest BCUT2D eigenvalue weighted by atomic mass is 9.99. The molecule has 130 valence electrons. The number of ether oxygens (including phenoxy) is 2. The summed E-state index contributed by atoms with van der Waals surface area (Å²) in [6.45, 7) is 7.72. The van der Waals surface area contributed by atoms with Crippen molar-refractivity contribution in [2.24, 2.45) is 11.7 Å². The van der Waals surface area contributed by atoms with Crippen molar-refractivity contribution in [3.63, 3.8) is 0 Å². The number of hydrogen-bond donors (Lipinski definition) is 1. The van der Waals surface area contributed by atoms with E-state index in [4.69, 9.17) is 15.2 Å². The SMILES string of the molecule is COCCCCc1cc(C)cc(OC[C@@H](C)CCC(N)=O)c1C. The van der Waals surface area contributed by atoms with Crippen molar-refractivity contribution >= 4 is 5.91 Å². The number of aryl methyl sites for hydroxylation is 2. The van der Waals surface area contributed by atoms with Crippen molar-refractivity contribution in [1.82, 2.24) is 0 Å². The summed E-state index contributed by atoms with van der Waals surface area (Å²) in [5.74, 6) is 1.02. The van der Waals surface area contributed by atoms with Crippen LogP contribution in [0.25, 0.3) is 0 Å². The smallest absolute Gasteiger partial charge is 0.217 e. The zero-order chi connectivity index (χ0) is 17.2. The third-order valence-corrected chi connectivity index (χ3v) is 4.06. The maximum atomic E-state index is 10.8. The average Bonchev–Trinajstić information content (AvgIpc) is 2.50. The summed E-state index contributed by atoms with van der Waals surface area (Å²) in [7, 11) is 1.74. The molecule has 4 nitrogen and oxygen atoms in total. The molecule has 0 aliphatic carbocycles. The van der Waals surface area contributed by atoms with Crippen LogP contribution in [-0.4, -0.2) is 26.2 Å². The number of amides is 1. The summed E-state index contributed by atoms with van der Waals surface area (Å²) < 4.78 is 11.1.